The van der Waals surface area contributed by atoms with Gasteiger partial charge in [0.15, 0.2) is 0 Å². The van der Waals surface area contributed by atoms with Gasteiger partial charge in [0, 0.05) is 25.7 Å². The number of aromatic nitrogens is 4. The highest BCUT2D eigenvalue weighted by atomic mass is 16.6. The first-order chi connectivity index (χ1) is 9.58. The van der Waals surface area contributed by atoms with Gasteiger partial charge in [0.05, 0.1) is 11.1 Å². The van der Waals surface area contributed by atoms with Crippen molar-refractivity contribution in [2.45, 2.75) is 0 Å². The van der Waals surface area contributed by atoms with Gasteiger partial charge in [0.25, 0.3) is 11.6 Å². The highest BCUT2D eigenvalue weighted by Crippen LogP contribution is 2.27. The third-order valence-electron chi connectivity index (χ3n) is 2.40. The largest absolute Gasteiger partial charge is 0.372 e. The van der Waals surface area contributed by atoms with E-state index in [1.807, 2.05) is 0 Å². The van der Waals surface area contributed by atoms with Crippen LogP contribution < -0.4 is 10.3 Å². The van der Waals surface area contributed by atoms with E-state index in [0.29, 0.717) is 11.3 Å². The van der Waals surface area contributed by atoms with E-state index in [-0.39, 0.29) is 11.6 Å². The molecule has 0 unspecified atom stereocenters. The lowest BCUT2D eigenvalue weighted by molar-refractivity contribution is -0.384. The summed E-state index contributed by atoms with van der Waals surface area (Å²) in [5, 5.41) is 27.8. The van der Waals surface area contributed by atoms with Crippen LogP contribution in [0.15, 0.2) is 23.3 Å². The van der Waals surface area contributed by atoms with E-state index in [0.717, 1.165) is 0 Å². The molecule has 2 rings (SSSR count). The predicted molar refractivity (Wildman–Crippen MR) is 72.8 cm³/mol. The van der Waals surface area contributed by atoms with E-state index in [2.05, 4.69) is 31.2 Å². The summed E-state index contributed by atoms with van der Waals surface area (Å²) >= 11 is 0. The number of hydrogen-bond donors (Lipinski definition) is 2. The minimum absolute atomic E-state index is 0.0125. The fraction of sp³-hybridized carbons (Fsp3) is 0.200. The number of nitro groups is 1. The van der Waals surface area contributed by atoms with E-state index in [4.69, 9.17) is 0 Å². The predicted octanol–water partition coefficient (Wildman–Crippen LogP) is 0.620. The fourth-order valence-corrected chi connectivity index (χ4v) is 1.52. The first-order valence-corrected chi connectivity index (χ1v) is 5.56. The van der Waals surface area contributed by atoms with Gasteiger partial charge in [0.1, 0.15) is 5.69 Å². The van der Waals surface area contributed by atoms with Crippen molar-refractivity contribution in [3.05, 3.63) is 33.9 Å². The van der Waals surface area contributed by atoms with E-state index in [9.17, 15) is 10.1 Å². The first kappa shape index (κ1) is 13.4. The van der Waals surface area contributed by atoms with E-state index < -0.39 is 4.92 Å². The average Bonchev–Trinajstić information content (AvgIpc) is 2.91. The molecular formula is C10H12N8O2. The minimum atomic E-state index is -0.431. The van der Waals surface area contributed by atoms with Crippen LogP contribution in [0.25, 0.3) is 0 Å². The van der Waals surface area contributed by atoms with Gasteiger partial charge < -0.3 is 4.90 Å². The van der Waals surface area contributed by atoms with Crippen molar-refractivity contribution < 1.29 is 4.92 Å². The molecule has 2 aromatic rings. The van der Waals surface area contributed by atoms with Crippen LogP contribution in [-0.4, -0.2) is 45.9 Å². The van der Waals surface area contributed by atoms with Gasteiger partial charge in [-0.05, 0) is 11.3 Å². The fourth-order valence-electron chi connectivity index (χ4n) is 1.52. The molecule has 20 heavy (non-hydrogen) atoms. The van der Waals surface area contributed by atoms with Gasteiger partial charge in [-0.1, -0.05) is 11.2 Å². The maximum Gasteiger partial charge on any atom is 0.293 e. The summed E-state index contributed by atoms with van der Waals surface area (Å²) in [6.07, 6.45) is 1.43. The molecule has 0 amide bonds. The quantitative estimate of drug-likeness (QED) is 0.465. The summed E-state index contributed by atoms with van der Waals surface area (Å²) in [6, 6.07) is 4.83. The summed E-state index contributed by atoms with van der Waals surface area (Å²) in [5.74, 6) is 0.209. The standard InChI is InChI=1S/C10H12N8O2/c1-17(2)8-4-3-7(5-9(8)18(19)20)6-11-12-10-13-15-16-14-10/h3-6H,1-2H3,(H2,12,13,14,15,16)/b11-6-. The zero-order chi connectivity index (χ0) is 14.5. The molecule has 0 aliphatic rings. The third kappa shape index (κ3) is 3.04. The van der Waals surface area contributed by atoms with Crippen LogP contribution in [0, 0.1) is 10.1 Å². The monoisotopic (exact) mass is 276 g/mol. The Balaban J connectivity index is 2.18. The van der Waals surface area contributed by atoms with E-state index in [1.54, 1.807) is 31.1 Å². The van der Waals surface area contributed by atoms with Crippen molar-refractivity contribution >= 4 is 23.5 Å². The minimum Gasteiger partial charge on any atom is -0.372 e. The molecule has 0 radical (unpaired) electrons. The van der Waals surface area contributed by atoms with Crippen molar-refractivity contribution in [3.8, 4) is 0 Å². The molecule has 1 aromatic carbocycles. The molecule has 2 N–H and O–H groups in total. The molecule has 0 aliphatic carbocycles. The Morgan fingerprint density at radius 3 is 2.90 bits per heavy atom. The molecule has 1 heterocycles. The number of nitro benzene ring substituents is 1. The average molecular weight is 276 g/mol. The second-order valence-corrected chi connectivity index (χ2v) is 4.01. The number of hydrogen-bond acceptors (Lipinski definition) is 8. The van der Waals surface area contributed by atoms with Gasteiger partial charge in [-0.3, -0.25) is 10.1 Å². The van der Waals surface area contributed by atoms with Crippen LogP contribution in [0.2, 0.25) is 0 Å². The molecule has 0 aliphatic heterocycles. The Morgan fingerprint density at radius 2 is 2.30 bits per heavy atom. The number of aromatic amines is 1. The molecule has 10 nitrogen and oxygen atoms in total. The molecule has 1 aromatic heterocycles. The van der Waals surface area contributed by atoms with Crippen LogP contribution >= 0.6 is 0 Å². The van der Waals surface area contributed by atoms with Crippen LogP contribution in [0.1, 0.15) is 5.56 Å². The number of H-pyrrole nitrogens is 1. The zero-order valence-corrected chi connectivity index (χ0v) is 10.8. The maximum absolute atomic E-state index is 11.0. The molecule has 0 atom stereocenters. The highest BCUT2D eigenvalue weighted by molar-refractivity contribution is 5.83. The number of anilines is 2. The Hall–Kier alpha value is -3.04. The number of rotatable bonds is 5. The van der Waals surface area contributed by atoms with Crippen molar-refractivity contribution in [2.24, 2.45) is 5.10 Å². The molecule has 104 valence electrons. The molecule has 0 bridgehead atoms. The second-order valence-electron chi connectivity index (χ2n) is 4.01. The van der Waals surface area contributed by atoms with E-state index >= 15 is 0 Å². The molecule has 0 spiro atoms. The first-order valence-electron chi connectivity index (χ1n) is 5.56. The molecule has 0 saturated carbocycles. The number of nitrogens with one attached hydrogen (secondary N) is 2. The van der Waals surface area contributed by atoms with Gasteiger partial charge >= 0.3 is 0 Å². The number of benzene rings is 1. The lowest BCUT2D eigenvalue weighted by Crippen LogP contribution is -2.11. The molecule has 10 heteroatoms. The normalized spacial score (nSPS) is 10.7. The summed E-state index contributed by atoms with van der Waals surface area (Å²) < 4.78 is 0. The lowest BCUT2D eigenvalue weighted by atomic mass is 10.2. The van der Waals surface area contributed by atoms with Gasteiger partial charge in [-0.25, -0.2) is 5.43 Å². The number of tetrazole rings is 1. The molecular weight excluding hydrogens is 264 g/mol. The molecule has 0 saturated heterocycles. The lowest BCUT2D eigenvalue weighted by Gasteiger charge is -2.12. The summed E-state index contributed by atoms with van der Waals surface area (Å²) in [7, 11) is 3.49. The van der Waals surface area contributed by atoms with Gasteiger partial charge in [0.2, 0.25) is 0 Å². The molecule has 0 fully saturated rings. The number of nitrogens with zero attached hydrogens (tertiary/aromatic N) is 6. The topological polar surface area (TPSA) is 125 Å². The van der Waals surface area contributed by atoms with Gasteiger partial charge in [-0.15, -0.1) is 5.10 Å². The van der Waals surface area contributed by atoms with Crippen LogP contribution in [0.4, 0.5) is 17.3 Å². The zero-order valence-electron chi connectivity index (χ0n) is 10.8. The summed E-state index contributed by atoms with van der Waals surface area (Å²) in [6.45, 7) is 0. The van der Waals surface area contributed by atoms with Crippen molar-refractivity contribution in [1.29, 1.82) is 0 Å². The highest BCUT2D eigenvalue weighted by Gasteiger charge is 2.15. The number of hydrazone groups is 1. The maximum atomic E-state index is 11.0. The third-order valence-corrected chi connectivity index (χ3v) is 2.40. The van der Waals surface area contributed by atoms with E-state index in [1.165, 1.54) is 12.3 Å². The smallest absolute Gasteiger partial charge is 0.293 e. The Labute approximate surface area is 113 Å². The van der Waals surface area contributed by atoms with Crippen molar-refractivity contribution in [3.63, 3.8) is 0 Å². The van der Waals surface area contributed by atoms with Crippen LogP contribution in [-0.2, 0) is 0 Å². The summed E-state index contributed by atoms with van der Waals surface area (Å²) in [5.41, 5.74) is 3.65. The Kier molecular flexibility index (Phi) is 3.84. The summed E-state index contributed by atoms with van der Waals surface area (Å²) in [4.78, 5) is 12.3. The van der Waals surface area contributed by atoms with Crippen molar-refractivity contribution in [2.75, 3.05) is 24.4 Å². The Bertz CT molecular complexity index is 622. The SMILES string of the molecule is CN(C)c1ccc(/C=N\Nc2nn[nH]n2)cc1[N+](=O)[O-]. The van der Waals surface area contributed by atoms with Crippen molar-refractivity contribution in [1.82, 2.24) is 20.6 Å². The second kappa shape index (κ2) is 5.73. The Morgan fingerprint density at radius 1 is 1.50 bits per heavy atom. The van der Waals surface area contributed by atoms with Crippen LogP contribution in [0.5, 0.6) is 0 Å². The van der Waals surface area contributed by atoms with Crippen LogP contribution in [0.3, 0.4) is 0 Å². The van der Waals surface area contributed by atoms with Gasteiger partial charge in [-0.2, -0.15) is 10.3 Å².